The molecule has 0 aromatic heterocycles. The number of nitrogens with two attached hydrogens (primary N) is 2. The summed E-state index contributed by atoms with van der Waals surface area (Å²) in [5.74, 6) is -2.08. The van der Waals surface area contributed by atoms with Gasteiger partial charge in [-0.3, -0.25) is 0 Å². The van der Waals surface area contributed by atoms with Gasteiger partial charge in [0.25, 0.3) is 0 Å². The van der Waals surface area contributed by atoms with Crippen LogP contribution in [0.2, 0.25) is 0 Å². The predicted octanol–water partition coefficient (Wildman–Crippen LogP) is 0.368. The molecular formula is C10H20N2O4S2Se. The molecule has 0 saturated carbocycles. The molecule has 0 unspecified atom stereocenters. The van der Waals surface area contributed by atoms with Gasteiger partial charge >= 0.3 is 126 Å². The zero-order chi connectivity index (χ0) is 15.4. The van der Waals surface area contributed by atoms with Crippen LogP contribution in [-0.4, -0.2) is 56.4 Å². The predicted molar refractivity (Wildman–Crippen MR) is 80.3 cm³/mol. The molecule has 19 heavy (non-hydrogen) atoms. The molecule has 0 saturated heterocycles. The second kappa shape index (κ2) is 7.19. The molecule has 0 rings (SSSR count). The zero-order valence-corrected chi connectivity index (χ0v) is 14.6. The molecule has 0 spiro atoms. The van der Waals surface area contributed by atoms with Crippen LogP contribution >= 0.6 is 20.4 Å². The Morgan fingerprint density at radius 3 is 1.42 bits per heavy atom. The monoisotopic (exact) mass is 376 g/mol. The third kappa shape index (κ3) is 5.93. The molecule has 0 aliphatic rings. The van der Waals surface area contributed by atoms with Crippen molar-refractivity contribution in [2.24, 2.45) is 11.5 Å². The number of carbonyl (C=O) groups is 2. The molecule has 0 aromatic carbocycles. The van der Waals surface area contributed by atoms with Gasteiger partial charge in [0.2, 0.25) is 0 Å². The topological polar surface area (TPSA) is 127 Å². The molecule has 9 heteroatoms. The molecule has 6 nitrogen and oxygen atoms in total. The number of aliphatic carboxylic acids is 2. The summed E-state index contributed by atoms with van der Waals surface area (Å²) in [5.41, 5.74) is 11.2. The quantitative estimate of drug-likeness (QED) is 0.448. The summed E-state index contributed by atoms with van der Waals surface area (Å²) in [7, 11) is 2.88. The molecule has 112 valence electrons. The summed E-state index contributed by atoms with van der Waals surface area (Å²) >= 11 is -0.0763. The van der Waals surface area contributed by atoms with Crippen LogP contribution in [0, 0.1) is 0 Å². The zero-order valence-electron chi connectivity index (χ0n) is 11.2. The minimum absolute atomic E-state index is 0.0763. The minimum atomic E-state index is -1.04. The fraction of sp³-hybridized carbons (Fsp3) is 0.800. The van der Waals surface area contributed by atoms with Crippen molar-refractivity contribution < 1.29 is 19.8 Å². The van der Waals surface area contributed by atoms with Crippen LogP contribution in [0.1, 0.15) is 27.7 Å². The molecule has 2 atom stereocenters. The van der Waals surface area contributed by atoms with Crippen molar-refractivity contribution in [3.63, 3.8) is 0 Å². The van der Waals surface area contributed by atoms with E-state index < -0.39 is 33.5 Å². The Kier molecular flexibility index (Phi) is 7.22. The Labute approximate surface area is 125 Å². The molecule has 0 aliphatic carbocycles. The van der Waals surface area contributed by atoms with E-state index in [4.69, 9.17) is 21.7 Å². The first kappa shape index (κ1) is 19.1. The maximum atomic E-state index is 10.9. The Morgan fingerprint density at radius 2 is 1.21 bits per heavy atom. The van der Waals surface area contributed by atoms with Gasteiger partial charge in [0, 0.05) is 0 Å². The van der Waals surface area contributed by atoms with Crippen LogP contribution in [0.5, 0.6) is 0 Å². The number of carboxylic acids is 2. The third-order valence-corrected chi connectivity index (χ3v) is 12.4. The van der Waals surface area contributed by atoms with Crippen LogP contribution in [-0.2, 0) is 9.59 Å². The summed E-state index contributed by atoms with van der Waals surface area (Å²) in [6.45, 7) is 7.07. The van der Waals surface area contributed by atoms with Crippen molar-refractivity contribution in [1.82, 2.24) is 0 Å². The molecule has 0 fully saturated rings. The van der Waals surface area contributed by atoms with E-state index in [0.717, 1.165) is 0 Å². The van der Waals surface area contributed by atoms with Gasteiger partial charge in [0.05, 0.1) is 0 Å². The van der Waals surface area contributed by atoms with E-state index >= 15 is 0 Å². The van der Waals surface area contributed by atoms with Crippen molar-refractivity contribution in [3.05, 3.63) is 0 Å². The fourth-order valence-electron chi connectivity index (χ4n) is 0.891. The molecule has 0 bridgehead atoms. The van der Waals surface area contributed by atoms with E-state index in [9.17, 15) is 9.59 Å². The summed E-state index contributed by atoms with van der Waals surface area (Å²) in [6, 6.07) is -1.92. The molecular weight excluding hydrogens is 355 g/mol. The maximum absolute atomic E-state index is 10.9. The molecule has 0 radical (unpaired) electrons. The molecule has 0 heterocycles. The second-order valence-electron chi connectivity index (χ2n) is 5.07. The van der Waals surface area contributed by atoms with Gasteiger partial charge in [-0.25, -0.2) is 0 Å². The summed E-state index contributed by atoms with van der Waals surface area (Å²) in [5, 5.41) is 17.8. The van der Waals surface area contributed by atoms with Crippen LogP contribution < -0.4 is 11.5 Å². The van der Waals surface area contributed by atoms with Gasteiger partial charge in [-0.05, 0) is 0 Å². The summed E-state index contributed by atoms with van der Waals surface area (Å²) in [4.78, 5) is 21.7. The van der Waals surface area contributed by atoms with Crippen LogP contribution in [0.4, 0.5) is 0 Å². The van der Waals surface area contributed by atoms with Crippen molar-refractivity contribution >= 4 is 45.0 Å². The summed E-state index contributed by atoms with van der Waals surface area (Å²) < 4.78 is -1.22. The molecule has 6 N–H and O–H groups in total. The Balaban J connectivity index is 4.44. The fourth-order valence-corrected chi connectivity index (χ4v) is 11.4. The van der Waals surface area contributed by atoms with Gasteiger partial charge in [-0.15, -0.1) is 0 Å². The van der Waals surface area contributed by atoms with E-state index in [1.165, 1.54) is 20.4 Å². The Hall–Kier alpha value is 0.0795. The standard InChI is InChI=1S/C10H20N2O4S2Se/c1-9(2,5(11)7(13)14)17-19-18-10(3,4)6(12)8(15)16/h5-6H,11-12H2,1-4H3,(H,13,14)(H,15,16)/t5-,6-/m1/s1. The third-order valence-electron chi connectivity index (χ3n) is 2.53. The average Bonchev–Trinajstić information content (AvgIpc) is 2.25. The molecule has 0 aromatic rings. The first-order chi connectivity index (χ1) is 8.42. The van der Waals surface area contributed by atoms with Gasteiger partial charge in [0.15, 0.2) is 0 Å². The van der Waals surface area contributed by atoms with Gasteiger partial charge < -0.3 is 0 Å². The van der Waals surface area contributed by atoms with Crippen LogP contribution in [0.15, 0.2) is 0 Å². The average molecular weight is 375 g/mol. The Bertz CT molecular complexity index is 320. The van der Waals surface area contributed by atoms with Gasteiger partial charge in [-0.2, -0.15) is 0 Å². The number of hydrogen-bond donors (Lipinski definition) is 4. The van der Waals surface area contributed by atoms with Crippen molar-refractivity contribution in [2.45, 2.75) is 49.3 Å². The van der Waals surface area contributed by atoms with Crippen LogP contribution in [0.25, 0.3) is 0 Å². The first-order valence-corrected chi connectivity index (χ1v) is 11.1. The van der Waals surface area contributed by atoms with E-state index in [1.54, 1.807) is 27.7 Å². The molecule has 0 amide bonds. The number of carboxylic acid groups (broad SMARTS) is 2. The molecule has 0 aliphatic heterocycles. The number of hydrogen-bond acceptors (Lipinski definition) is 6. The van der Waals surface area contributed by atoms with E-state index in [1.807, 2.05) is 0 Å². The summed E-state index contributed by atoms with van der Waals surface area (Å²) in [6.07, 6.45) is 0. The SMILES string of the molecule is CC(C)(S[Se]SC(C)(C)[C@H](N)C(=O)O)[C@H](N)C(=O)O. The van der Waals surface area contributed by atoms with E-state index in [2.05, 4.69) is 0 Å². The second-order valence-corrected chi connectivity index (χ2v) is 12.7. The van der Waals surface area contributed by atoms with E-state index in [0.29, 0.717) is 0 Å². The van der Waals surface area contributed by atoms with Gasteiger partial charge in [0.1, 0.15) is 0 Å². The van der Waals surface area contributed by atoms with Gasteiger partial charge in [-0.1, -0.05) is 0 Å². The van der Waals surface area contributed by atoms with Crippen molar-refractivity contribution in [2.75, 3.05) is 0 Å². The Morgan fingerprint density at radius 1 is 0.947 bits per heavy atom. The van der Waals surface area contributed by atoms with Crippen molar-refractivity contribution in [1.29, 1.82) is 0 Å². The first-order valence-electron chi connectivity index (χ1n) is 5.42. The normalized spacial score (nSPS) is 15.9. The van der Waals surface area contributed by atoms with Crippen molar-refractivity contribution in [3.8, 4) is 0 Å². The number of rotatable bonds is 8. The van der Waals surface area contributed by atoms with Crippen LogP contribution in [0.3, 0.4) is 0 Å². The van der Waals surface area contributed by atoms with E-state index in [-0.39, 0.29) is 12.7 Å².